The summed E-state index contributed by atoms with van der Waals surface area (Å²) >= 11 is 0. The van der Waals surface area contributed by atoms with Crippen LogP contribution in [0, 0.1) is 19.8 Å². The van der Waals surface area contributed by atoms with E-state index in [4.69, 9.17) is 0 Å². The van der Waals surface area contributed by atoms with E-state index in [0.29, 0.717) is 18.5 Å². The normalized spacial score (nSPS) is 16.1. The molecule has 0 bridgehead atoms. The molecule has 2 heterocycles. The summed E-state index contributed by atoms with van der Waals surface area (Å²) in [6.07, 6.45) is 0.689. The third-order valence-electron chi connectivity index (χ3n) is 4.78. The number of hydrogen-bond donors (Lipinski definition) is 3. The van der Waals surface area contributed by atoms with Crippen LogP contribution >= 0.6 is 0 Å². The summed E-state index contributed by atoms with van der Waals surface area (Å²) in [5.74, 6) is -0.470. The summed E-state index contributed by atoms with van der Waals surface area (Å²) in [4.78, 5) is 39.6. The maximum atomic E-state index is 12.8. The van der Waals surface area contributed by atoms with E-state index in [9.17, 15) is 22.8 Å². The highest BCUT2D eigenvalue weighted by atomic mass is 32.2. The van der Waals surface area contributed by atoms with Gasteiger partial charge < -0.3 is 10.3 Å². The number of anilines is 1. The molecule has 3 N–H and O–H groups in total. The zero-order chi connectivity index (χ0) is 20.5. The quantitative estimate of drug-likeness (QED) is 0.688. The lowest BCUT2D eigenvalue weighted by Gasteiger charge is -2.30. The summed E-state index contributed by atoms with van der Waals surface area (Å²) in [5.41, 5.74) is 0.0252. The van der Waals surface area contributed by atoms with Gasteiger partial charge in [-0.15, -0.1) is 0 Å². The van der Waals surface area contributed by atoms with E-state index in [1.54, 1.807) is 6.07 Å². The van der Waals surface area contributed by atoms with Crippen molar-refractivity contribution in [2.45, 2.75) is 31.6 Å². The summed E-state index contributed by atoms with van der Waals surface area (Å²) in [7, 11) is -4.07. The number of amides is 1. The molecule has 0 radical (unpaired) electrons. The van der Waals surface area contributed by atoms with Crippen molar-refractivity contribution in [2.24, 2.45) is 5.92 Å². The maximum Gasteiger partial charge on any atom is 0.325 e. The van der Waals surface area contributed by atoms with Crippen molar-refractivity contribution < 1.29 is 13.2 Å². The first-order chi connectivity index (χ1) is 13.2. The number of aromatic amines is 2. The Kier molecular flexibility index (Phi) is 5.52. The first kappa shape index (κ1) is 20.0. The number of aromatic nitrogens is 2. The van der Waals surface area contributed by atoms with Gasteiger partial charge in [-0.3, -0.25) is 14.6 Å². The lowest BCUT2D eigenvalue weighted by molar-refractivity contribution is -0.120. The van der Waals surface area contributed by atoms with Crippen molar-refractivity contribution in [3.05, 3.63) is 56.4 Å². The van der Waals surface area contributed by atoms with Crippen molar-refractivity contribution in [1.82, 2.24) is 14.3 Å². The summed E-state index contributed by atoms with van der Waals surface area (Å²) in [5, 5.41) is 2.86. The van der Waals surface area contributed by atoms with E-state index in [1.165, 1.54) is 11.2 Å². The number of nitrogens with zero attached hydrogens (tertiary/aromatic N) is 1. The van der Waals surface area contributed by atoms with Gasteiger partial charge in [0.15, 0.2) is 4.90 Å². The Bertz CT molecular complexity index is 1110. The highest BCUT2D eigenvalue weighted by Crippen LogP contribution is 2.24. The first-order valence-electron chi connectivity index (χ1n) is 8.89. The number of benzene rings is 1. The molecule has 10 heteroatoms. The molecule has 3 rings (SSSR count). The monoisotopic (exact) mass is 406 g/mol. The average Bonchev–Trinajstić information content (AvgIpc) is 2.60. The molecule has 1 amide bonds. The Morgan fingerprint density at radius 2 is 1.82 bits per heavy atom. The number of carbonyl (C=O) groups is 1. The van der Waals surface area contributed by atoms with Gasteiger partial charge in [-0.1, -0.05) is 12.1 Å². The molecule has 1 saturated heterocycles. The molecule has 0 atom stereocenters. The van der Waals surface area contributed by atoms with E-state index in [1.807, 2.05) is 30.1 Å². The van der Waals surface area contributed by atoms with Gasteiger partial charge in [0.2, 0.25) is 15.9 Å². The number of carbonyl (C=O) groups excluding carboxylic acids is 1. The number of sulfonamides is 1. The van der Waals surface area contributed by atoms with E-state index >= 15 is 0 Å². The van der Waals surface area contributed by atoms with Crippen LogP contribution in [0.25, 0.3) is 0 Å². The van der Waals surface area contributed by atoms with Crippen LogP contribution in [0.1, 0.15) is 24.1 Å². The molecule has 1 aliphatic heterocycles. The second-order valence-corrected chi connectivity index (χ2v) is 8.77. The predicted octanol–water partition coefficient (Wildman–Crippen LogP) is 0.719. The van der Waals surface area contributed by atoms with Crippen molar-refractivity contribution in [1.29, 1.82) is 0 Å². The van der Waals surface area contributed by atoms with Crippen molar-refractivity contribution in [3.63, 3.8) is 0 Å². The Balaban J connectivity index is 1.70. The van der Waals surface area contributed by atoms with E-state index < -0.39 is 26.2 Å². The fourth-order valence-corrected chi connectivity index (χ4v) is 5.03. The molecule has 1 aromatic carbocycles. The van der Waals surface area contributed by atoms with Gasteiger partial charge in [0.05, 0.1) is 0 Å². The fourth-order valence-electron chi connectivity index (χ4n) is 3.35. The second kappa shape index (κ2) is 7.72. The summed E-state index contributed by atoms with van der Waals surface area (Å²) < 4.78 is 26.8. The third-order valence-corrected chi connectivity index (χ3v) is 6.84. The van der Waals surface area contributed by atoms with Gasteiger partial charge in [0, 0.05) is 30.4 Å². The van der Waals surface area contributed by atoms with Crippen LogP contribution in [-0.2, 0) is 14.8 Å². The molecule has 0 unspecified atom stereocenters. The predicted molar refractivity (Wildman–Crippen MR) is 104 cm³/mol. The minimum Gasteiger partial charge on any atom is -0.326 e. The highest BCUT2D eigenvalue weighted by Gasteiger charge is 2.34. The largest absolute Gasteiger partial charge is 0.326 e. The van der Waals surface area contributed by atoms with Gasteiger partial charge in [0.1, 0.15) is 0 Å². The zero-order valence-corrected chi connectivity index (χ0v) is 16.4. The average molecular weight is 406 g/mol. The lowest BCUT2D eigenvalue weighted by atomic mass is 9.97. The number of H-pyrrole nitrogens is 2. The zero-order valence-electron chi connectivity index (χ0n) is 15.6. The minimum atomic E-state index is -4.07. The molecular weight excluding hydrogens is 384 g/mol. The Morgan fingerprint density at radius 1 is 1.14 bits per heavy atom. The van der Waals surface area contributed by atoms with Gasteiger partial charge in [0.25, 0.3) is 5.56 Å². The molecule has 0 saturated carbocycles. The molecular formula is C18H22N4O5S. The summed E-state index contributed by atoms with van der Waals surface area (Å²) in [6, 6.07) is 7.45. The van der Waals surface area contributed by atoms with Crippen LogP contribution in [0.3, 0.4) is 0 Å². The van der Waals surface area contributed by atoms with Crippen LogP contribution in [-0.4, -0.2) is 41.7 Å². The van der Waals surface area contributed by atoms with Crippen LogP contribution in [0.2, 0.25) is 0 Å². The molecule has 2 aromatic rings. The number of aryl methyl sites for hydroxylation is 2. The first-order valence-corrected chi connectivity index (χ1v) is 10.3. The van der Waals surface area contributed by atoms with Crippen LogP contribution < -0.4 is 16.6 Å². The van der Waals surface area contributed by atoms with Gasteiger partial charge in [-0.05, 0) is 44.4 Å². The highest BCUT2D eigenvalue weighted by molar-refractivity contribution is 7.89. The molecule has 28 heavy (non-hydrogen) atoms. The molecule has 1 fully saturated rings. The van der Waals surface area contributed by atoms with Crippen molar-refractivity contribution in [3.8, 4) is 0 Å². The number of rotatable bonds is 4. The van der Waals surface area contributed by atoms with Crippen LogP contribution in [0.5, 0.6) is 0 Å². The summed E-state index contributed by atoms with van der Waals surface area (Å²) in [6.45, 7) is 3.53. The number of piperidine rings is 1. The Hall–Kier alpha value is -2.72. The molecule has 0 spiro atoms. The fraction of sp³-hybridized carbons (Fsp3) is 0.389. The Labute approximate surface area is 161 Å². The Morgan fingerprint density at radius 3 is 2.43 bits per heavy atom. The van der Waals surface area contributed by atoms with E-state index in [2.05, 4.69) is 10.3 Å². The van der Waals surface area contributed by atoms with Crippen molar-refractivity contribution in [2.75, 3.05) is 18.4 Å². The van der Waals surface area contributed by atoms with E-state index in [-0.39, 0.29) is 30.6 Å². The number of nitrogens with one attached hydrogen (secondary N) is 3. The van der Waals surface area contributed by atoms with Gasteiger partial charge in [-0.25, -0.2) is 13.2 Å². The molecule has 9 nitrogen and oxygen atoms in total. The van der Waals surface area contributed by atoms with Crippen LogP contribution in [0.15, 0.2) is 38.8 Å². The molecule has 1 aliphatic rings. The second-order valence-electron chi connectivity index (χ2n) is 6.90. The molecule has 0 aliphatic carbocycles. The van der Waals surface area contributed by atoms with Crippen molar-refractivity contribution >= 4 is 21.6 Å². The smallest absolute Gasteiger partial charge is 0.325 e. The SMILES string of the molecule is Cc1cccc(NC(=O)C2CCN(S(=O)(=O)c3c(C)[nH]c(=O)[nH]c3=O)CC2)c1. The lowest BCUT2D eigenvalue weighted by Crippen LogP contribution is -2.44. The van der Waals surface area contributed by atoms with E-state index in [0.717, 1.165) is 5.56 Å². The molecule has 1 aromatic heterocycles. The third kappa shape index (κ3) is 4.07. The minimum absolute atomic E-state index is 0.00642. The topological polar surface area (TPSA) is 132 Å². The maximum absolute atomic E-state index is 12.8. The number of hydrogen-bond acceptors (Lipinski definition) is 5. The van der Waals surface area contributed by atoms with Gasteiger partial charge >= 0.3 is 5.69 Å². The van der Waals surface area contributed by atoms with Gasteiger partial charge in [-0.2, -0.15) is 4.31 Å². The standard InChI is InChI=1S/C18H22N4O5S/c1-11-4-3-5-14(10-11)20-16(23)13-6-8-22(9-7-13)28(26,27)15-12(2)19-18(25)21-17(15)24/h3-5,10,13H,6-9H2,1-2H3,(H,20,23)(H2,19,21,24,25). The van der Waals surface area contributed by atoms with Crippen LogP contribution in [0.4, 0.5) is 5.69 Å². The molecule has 150 valence electrons.